The van der Waals surface area contributed by atoms with Gasteiger partial charge in [-0.05, 0) is 12.8 Å². The van der Waals surface area contributed by atoms with Gasteiger partial charge in [0.2, 0.25) is 5.91 Å². The quantitative estimate of drug-likeness (QED) is 0.0333. The molecule has 0 aromatic carbocycles. The molecule has 0 radical (unpaired) electrons. The molecule has 0 aliphatic carbocycles. The van der Waals surface area contributed by atoms with Crippen LogP contribution >= 0.6 is 7.82 Å². The van der Waals surface area contributed by atoms with Crippen LogP contribution in [0.1, 0.15) is 194 Å². The van der Waals surface area contributed by atoms with Crippen LogP contribution in [-0.4, -0.2) is 54.3 Å². The van der Waals surface area contributed by atoms with Crippen LogP contribution in [0.5, 0.6) is 0 Å². The third kappa shape index (κ3) is 36.1. The Morgan fingerprint density at radius 1 is 0.574 bits per heavy atom. The van der Waals surface area contributed by atoms with E-state index in [1.54, 1.807) is 0 Å². The van der Waals surface area contributed by atoms with Gasteiger partial charge in [-0.2, -0.15) is 0 Å². The number of hydrogen-bond acceptors (Lipinski definition) is 7. The molecule has 0 fully saturated rings. The first-order valence-electron chi connectivity index (χ1n) is 19.5. The van der Waals surface area contributed by atoms with Crippen LogP contribution < -0.4 is 5.32 Å². The maximum atomic E-state index is 12.0. The minimum absolute atomic E-state index is 0.0880. The summed E-state index contributed by atoms with van der Waals surface area (Å²) in [6.07, 6.45) is 31.7. The summed E-state index contributed by atoms with van der Waals surface area (Å²) in [7, 11) is -4.40. The number of phosphoric ester groups is 1. The molecule has 0 saturated carbocycles. The van der Waals surface area contributed by atoms with Crippen molar-refractivity contribution in [2.75, 3.05) is 26.4 Å². The summed E-state index contributed by atoms with van der Waals surface area (Å²) in [5.41, 5.74) is 0. The smallest absolute Gasteiger partial charge is 0.463 e. The molecule has 0 heterocycles. The molecule has 2 unspecified atom stereocenters. The van der Waals surface area contributed by atoms with Crippen molar-refractivity contribution in [2.24, 2.45) is 0 Å². The third-order valence-corrected chi connectivity index (χ3v) is 9.52. The molecule has 0 rings (SSSR count). The molecule has 3 N–H and O–H groups in total. The predicted octanol–water partition coefficient (Wildman–Crippen LogP) is 10.1. The van der Waals surface area contributed by atoms with Gasteiger partial charge < -0.3 is 20.1 Å². The Morgan fingerprint density at radius 3 is 1.38 bits per heavy atom. The van der Waals surface area contributed by atoms with Gasteiger partial charge in [-0.15, -0.1) is 0 Å². The van der Waals surface area contributed by atoms with Crippen LogP contribution in [0.4, 0.5) is 0 Å². The molecule has 0 aromatic rings. The van der Waals surface area contributed by atoms with Crippen LogP contribution in [0.15, 0.2) is 0 Å². The van der Waals surface area contributed by atoms with Crippen LogP contribution in [0.25, 0.3) is 0 Å². The highest BCUT2D eigenvalue weighted by molar-refractivity contribution is 7.47. The molecule has 0 aliphatic rings. The third-order valence-electron chi connectivity index (χ3n) is 8.54. The minimum Gasteiger partial charge on any atom is -0.463 e. The number of esters is 1. The fraction of sp³-hybridized carbons (Fsp3) is 0.946. The number of ether oxygens (including phenoxy) is 1. The molecule has 9 nitrogen and oxygen atoms in total. The van der Waals surface area contributed by atoms with Crippen molar-refractivity contribution in [1.29, 1.82) is 0 Å². The fourth-order valence-electron chi connectivity index (χ4n) is 5.56. The van der Waals surface area contributed by atoms with Gasteiger partial charge in [0, 0.05) is 19.4 Å². The van der Waals surface area contributed by atoms with Crippen LogP contribution in [-0.2, 0) is 27.9 Å². The van der Waals surface area contributed by atoms with E-state index in [2.05, 4.69) is 19.2 Å². The normalized spacial score (nSPS) is 13.4. The lowest BCUT2D eigenvalue weighted by Crippen LogP contribution is -2.27. The summed E-state index contributed by atoms with van der Waals surface area (Å²) in [4.78, 5) is 33.7. The van der Waals surface area contributed by atoms with E-state index in [4.69, 9.17) is 13.8 Å². The van der Waals surface area contributed by atoms with E-state index >= 15 is 0 Å². The zero-order valence-electron chi connectivity index (χ0n) is 30.5. The van der Waals surface area contributed by atoms with Crippen molar-refractivity contribution in [3.05, 3.63) is 0 Å². The second-order valence-corrected chi connectivity index (χ2v) is 14.7. The number of unbranched alkanes of at least 4 members (excludes halogenated alkanes) is 24. The summed E-state index contributed by atoms with van der Waals surface area (Å²) in [5, 5.41) is 12.6. The van der Waals surface area contributed by atoms with E-state index in [0.29, 0.717) is 6.42 Å². The topological polar surface area (TPSA) is 131 Å². The molecule has 0 aliphatic heterocycles. The van der Waals surface area contributed by atoms with E-state index in [0.717, 1.165) is 38.5 Å². The summed E-state index contributed by atoms with van der Waals surface area (Å²) in [6, 6.07) is 0. The zero-order valence-corrected chi connectivity index (χ0v) is 31.4. The molecule has 0 aromatic heterocycles. The number of aliphatic hydroxyl groups excluding tert-OH is 1. The van der Waals surface area contributed by atoms with Gasteiger partial charge in [-0.25, -0.2) is 4.57 Å². The van der Waals surface area contributed by atoms with Gasteiger partial charge >= 0.3 is 13.8 Å². The van der Waals surface area contributed by atoms with Crippen LogP contribution in [0.3, 0.4) is 0 Å². The number of nitrogens with one attached hydrogen (secondary N) is 1. The van der Waals surface area contributed by atoms with E-state index in [1.165, 1.54) is 128 Å². The summed E-state index contributed by atoms with van der Waals surface area (Å²) >= 11 is 0. The summed E-state index contributed by atoms with van der Waals surface area (Å²) in [5.74, 6) is -0.508. The Kier molecular flexibility index (Phi) is 34.1. The molecule has 2 atom stereocenters. The maximum Gasteiger partial charge on any atom is 0.472 e. The average molecular weight is 692 g/mol. The number of phosphoric acid groups is 1. The lowest BCUT2D eigenvalue weighted by Gasteiger charge is -2.15. The molecule has 0 spiro atoms. The van der Waals surface area contributed by atoms with E-state index in [9.17, 15) is 24.2 Å². The lowest BCUT2D eigenvalue weighted by atomic mass is 10.0. The number of hydrogen-bond donors (Lipinski definition) is 3. The van der Waals surface area contributed by atoms with Crippen molar-refractivity contribution in [1.82, 2.24) is 5.32 Å². The average Bonchev–Trinajstić information content (AvgIpc) is 3.05. The van der Waals surface area contributed by atoms with Crippen molar-refractivity contribution in [3.63, 3.8) is 0 Å². The van der Waals surface area contributed by atoms with Gasteiger partial charge in [-0.1, -0.05) is 168 Å². The van der Waals surface area contributed by atoms with E-state index in [1.807, 2.05) is 0 Å². The van der Waals surface area contributed by atoms with Gasteiger partial charge in [0.25, 0.3) is 0 Å². The monoisotopic (exact) mass is 692 g/mol. The predicted molar refractivity (Wildman–Crippen MR) is 192 cm³/mol. The molecule has 280 valence electrons. The number of aliphatic hydroxyl groups is 1. The molecule has 10 heteroatoms. The van der Waals surface area contributed by atoms with Gasteiger partial charge in [-0.3, -0.25) is 18.6 Å². The first kappa shape index (κ1) is 46.0. The first-order chi connectivity index (χ1) is 22.8. The summed E-state index contributed by atoms with van der Waals surface area (Å²) in [6.45, 7) is 3.56. The number of carbonyl (C=O) groups excluding carboxylic acids is 2. The highest BCUT2D eigenvalue weighted by atomic mass is 31.2. The highest BCUT2D eigenvalue weighted by Gasteiger charge is 2.23. The highest BCUT2D eigenvalue weighted by Crippen LogP contribution is 2.42. The summed E-state index contributed by atoms with van der Waals surface area (Å²) < 4.78 is 26.7. The van der Waals surface area contributed by atoms with Crippen molar-refractivity contribution < 1.29 is 37.9 Å². The maximum absolute atomic E-state index is 12.0. The Labute approximate surface area is 288 Å². The van der Waals surface area contributed by atoms with Crippen molar-refractivity contribution in [3.8, 4) is 0 Å². The van der Waals surface area contributed by atoms with Crippen molar-refractivity contribution >= 4 is 19.7 Å². The molecule has 0 saturated heterocycles. The minimum atomic E-state index is -4.40. The molecule has 0 bridgehead atoms. The van der Waals surface area contributed by atoms with Gasteiger partial charge in [0.05, 0.1) is 13.2 Å². The largest absolute Gasteiger partial charge is 0.472 e. The number of carbonyl (C=O) groups is 2. The molecule has 1 amide bonds. The number of amides is 1. The SMILES string of the molecule is CCCCCCCCCCCCCCCCCC(=O)NCCOP(=O)(O)OCC(O)COC(=O)CCCCCCCCCCCCC. The van der Waals surface area contributed by atoms with E-state index < -0.39 is 26.5 Å². The fourth-order valence-corrected chi connectivity index (χ4v) is 6.31. The van der Waals surface area contributed by atoms with E-state index in [-0.39, 0.29) is 32.1 Å². The van der Waals surface area contributed by atoms with Gasteiger partial charge in [0.15, 0.2) is 0 Å². The standard InChI is InChI=1S/C37H74NO8P/c1-3-5-7-9-11-13-15-16-17-18-20-21-23-25-27-29-36(40)38-31-32-45-47(42,43)46-34-35(39)33-44-37(41)30-28-26-24-22-19-14-12-10-8-6-4-2/h35,39H,3-34H2,1-2H3,(H,38,40)(H,42,43). The zero-order chi connectivity index (χ0) is 34.7. The van der Waals surface area contributed by atoms with Crippen LogP contribution in [0.2, 0.25) is 0 Å². The Bertz CT molecular complexity index is 754. The van der Waals surface area contributed by atoms with Crippen LogP contribution in [0, 0.1) is 0 Å². The van der Waals surface area contributed by atoms with Crippen molar-refractivity contribution in [2.45, 2.75) is 200 Å². The Hall–Kier alpha value is -0.990. The Morgan fingerprint density at radius 2 is 0.957 bits per heavy atom. The number of rotatable bonds is 37. The van der Waals surface area contributed by atoms with Gasteiger partial charge in [0.1, 0.15) is 12.7 Å². The Balaban J connectivity index is 3.58. The second kappa shape index (κ2) is 34.9. The second-order valence-electron chi connectivity index (χ2n) is 13.3. The molecule has 47 heavy (non-hydrogen) atoms. The molecular weight excluding hydrogens is 617 g/mol. The molecular formula is C37H74NO8P. The first-order valence-corrected chi connectivity index (χ1v) is 21.0. The lowest BCUT2D eigenvalue weighted by molar-refractivity contribution is -0.147.